The van der Waals surface area contributed by atoms with Gasteiger partial charge in [0.05, 0.1) is 25.3 Å². The van der Waals surface area contributed by atoms with Crippen LogP contribution >= 0.6 is 11.6 Å². The highest BCUT2D eigenvalue weighted by Gasteiger charge is 2.53. The van der Waals surface area contributed by atoms with Gasteiger partial charge in [0.15, 0.2) is 0 Å². The van der Waals surface area contributed by atoms with Crippen LogP contribution in [0.3, 0.4) is 0 Å². The zero-order chi connectivity index (χ0) is 24.3. The third-order valence-corrected chi connectivity index (χ3v) is 6.00. The van der Waals surface area contributed by atoms with E-state index in [9.17, 15) is 18.0 Å². The van der Waals surface area contributed by atoms with Crippen molar-refractivity contribution >= 4 is 17.5 Å². The Labute approximate surface area is 198 Å². The quantitative estimate of drug-likeness (QED) is 0.533. The molecule has 0 bridgehead atoms. The van der Waals surface area contributed by atoms with Crippen molar-refractivity contribution in [3.8, 4) is 11.5 Å². The zero-order valence-corrected chi connectivity index (χ0v) is 18.9. The molecule has 0 N–H and O–H groups in total. The first-order chi connectivity index (χ1) is 16.2. The maximum absolute atomic E-state index is 13.1. The molecule has 12 heteroatoms. The van der Waals surface area contributed by atoms with Crippen LogP contribution < -0.4 is 9.47 Å². The summed E-state index contributed by atoms with van der Waals surface area (Å²) in [7, 11) is 1.56. The normalized spacial score (nSPS) is 22.4. The van der Waals surface area contributed by atoms with Crippen LogP contribution in [0.15, 0.2) is 36.5 Å². The Morgan fingerprint density at radius 2 is 2.12 bits per heavy atom. The number of hydrogen-bond acceptors (Lipinski definition) is 7. The molecular formula is C22H22ClF3N2O6. The number of likely N-dealkylation sites (tertiary alicyclic amines) is 1. The van der Waals surface area contributed by atoms with E-state index in [-0.39, 0.29) is 36.6 Å². The molecule has 2 aliphatic rings. The summed E-state index contributed by atoms with van der Waals surface area (Å²) in [6.07, 6.45) is -3.07. The number of ether oxygens (including phenoxy) is 5. The SMILES string of the molecule is COc1cccnc1C12CCN(C(=O)c3ccc(OCCOC(F)(F)F)c(Cl)c3)CC1OCO2. The number of pyridine rings is 1. The molecule has 0 saturated carbocycles. The first kappa shape index (κ1) is 24.5. The highest BCUT2D eigenvalue weighted by atomic mass is 35.5. The Bertz CT molecular complexity index is 1040. The number of piperidine rings is 1. The molecule has 3 heterocycles. The van der Waals surface area contributed by atoms with Crippen molar-refractivity contribution in [1.82, 2.24) is 9.88 Å². The van der Waals surface area contributed by atoms with Crippen LogP contribution in [-0.4, -0.2) is 68.5 Å². The largest absolute Gasteiger partial charge is 0.522 e. The second-order valence-corrected chi connectivity index (χ2v) is 8.06. The van der Waals surface area contributed by atoms with Crippen LogP contribution in [-0.2, 0) is 19.8 Å². The van der Waals surface area contributed by atoms with Crippen molar-refractivity contribution in [3.63, 3.8) is 0 Å². The average molecular weight is 503 g/mol. The molecule has 1 aromatic carbocycles. The second-order valence-electron chi connectivity index (χ2n) is 7.65. The lowest BCUT2D eigenvalue weighted by Gasteiger charge is -2.41. The summed E-state index contributed by atoms with van der Waals surface area (Å²) < 4.78 is 62.3. The lowest BCUT2D eigenvalue weighted by molar-refractivity contribution is -0.325. The number of rotatable bonds is 7. The Morgan fingerprint density at radius 1 is 1.29 bits per heavy atom. The fraction of sp³-hybridized carbons (Fsp3) is 0.455. The molecular weight excluding hydrogens is 481 g/mol. The van der Waals surface area contributed by atoms with E-state index in [1.54, 1.807) is 30.3 Å². The van der Waals surface area contributed by atoms with Gasteiger partial charge in [-0.1, -0.05) is 11.6 Å². The molecule has 2 unspecified atom stereocenters. The van der Waals surface area contributed by atoms with E-state index in [2.05, 4.69) is 9.72 Å². The van der Waals surface area contributed by atoms with E-state index in [0.29, 0.717) is 30.0 Å². The van der Waals surface area contributed by atoms with Crippen molar-refractivity contribution in [1.29, 1.82) is 0 Å². The molecule has 0 spiro atoms. The zero-order valence-electron chi connectivity index (χ0n) is 18.1. The van der Waals surface area contributed by atoms with Gasteiger partial charge in [-0.3, -0.25) is 14.5 Å². The molecule has 2 aliphatic heterocycles. The minimum Gasteiger partial charge on any atom is -0.495 e. The smallest absolute Gasteiger partial charge is 0.495 e. The number of amides is 1. The van der Waals surface area contributed by atoms with Gasteiger partial charge >= 0.3 is 6.36 Å². The Kier molecular flexibility index (Phi) is 7.17. The van der Waals surface area contributed by atoms with E-state index in [1.165, 1.54) is 18.2 Å². The number of halogens is 4. The lowest BCUT2D eigenvalue weighted by Crippen LogP contribution is -2.54. The molecule has 2 atom stereocenters. The van der Waals surface area contributed by atoms with Crippen molar-refractivity contribution < 1.29 is 41.7 Å². The van der Waals surface area contributed by atoms with E-state index in [0.717, 1.165) is 0 Å². The van der Waals surface area contributed by atoms with E-state index in [1.807, 2.05) is 0 Å². The topological polar surface area (TPSA) is 79.4 Å². The molecule has 2 saturated heterocycles. The molecule has 2 fully saturated rings. The molecule has 1 aromatic heterocycles. The van der Waals surface area contributed by atoms with Crippen LogP contribution in [0.5, 0.6) is 11.5 Å². The number of nitrogens with zero attached hydrogens (tertiary/aromatic N) is 2. The van der Waals surface area contributed by atoms with E-state index < -0.39 is 24.7 Å². The summed E-state index contributed by atoms with van der Waals surface area (Å²) in [5.41, 5.74) is 0.119. The van der Waals surface area contributed by atoms with Crippen molar-refractivity contribution in [2.75, 3.05) is 40.2 Å². The number of hydrogen-bond donors (Lipinski definition) is 0. The molecule has 1 amide bonds. The first-order valence-corrected chi connectivity index (χ1v) is 10.8. The summed E-state index contributed by atoms with van der Waals surface area (Å²) in [6.45, 7) is -0.314. The standard InChI is InChI=1S/C22H22ClF3N2O6/c1-30-17-3-2-7-27-19(17)21-6-8-28(12-18(21)32-13-34-21)20(29)14-4-5-16(15(23)11-14)31-9-10-33-22(24,25)26/h2-5,7,11,18H,6,8-10,12-13H2,1H3. The predicted octanol–water partition coefficient (Wildman–Crippen LogP) is 3.77. The predicted molar refractivity (Wildman–Crippen MR) is 113 cm³/mol. The Morgan fingerprint density at radius 3 is 2.85 bits per heavy atom. The summed E-state index contributed by atoms with van der Waals surface area (Å²) >= 11 is 6.18. The van der Waals surface area contributed by atoms with Gasteiger partial charge in [-0.2, -0.15) is 0 Å². The van der Waals surface area contributed by atoms with Crippen LogP contribution in [0, 0.1) is 0 Å². The van der Waals surface area contributed by atoms with Crippen LogP contribution in [0.25, 0.3) is 0 Å². The number of alkyl halides is 3. The number of fused-ring (bicyclic) bond motifs is 1. The monoisotopic (exact) mass is 502 g/mol. The molecule has 0 radical (unpaired) electrons. The van der Waals surface area contributed by atoms with Crippen molar-refractivity contribution in [2.24, 2.45) is 0 Å². The number of aromatic nitrogens is 1. The van der Waals surface area contributed by atoms with Crippen LogP contribution in [0.1, 0.15) is 22.5 Å². The van der Waals surface area contributed by atoms with Gasteiger partial charge in [-0.05, 0) is 30.3 Å². The average Bonchev–Trinajstić information content (AvgIpc) is 3.25. The Balaban J connectivity index is 1.42. The molecule has 4 rings (SSSR count). The molecule has 2 aromatic rings. The van der Waals surface area contributed by atoms with E-state index >= 15 is 0 Å². The number of carbonyl (C=O) groups is 1. The van der Waals surface area contributed by atoms with Crippen LogP contribution in [0.2, 0.25) is 5.02 Å². The maximum Gasteiger partial charge on any atom is 0.522 e. The van der Waals surface area contributed by atoms with Gasteiger partial charge in [0.1, 0.15) is 42.3 Å². The van der Waals surface area contributed by atoms with Gasteiger partial charge in [-0.15, -0.1) is 13.2 Å². The van der Waals surface area contributed by atoms with Gasteiger partial charge in [0.25, 0.3) is 5.91 Å². The van der Waals surface area contributed by atoms with Crippen LogP contribution in [0.4, 0.5) is 13.2 Å². The third kappa shape index (κ3) is 5.07. The summed E-state index contributed by atoms with van der Waals surface area (Å²) in [6, 6.07) is 7.92. The highest BCUT2D eigenvalue weighted by molar-refractivity contribution is 6.32. The van der Waals surface area contributed by atoms with Crippen molar-refractivity contribution in [2.45, 2.75) is 24.5 Å². The Hall–Kier alpha value is -2.60. The highest BCUT2D eigenvalue weighted by Crippen LogP contribution is 2.45. The fourth-order valence-electron chi connectivity index (χ4n) is 4.11. The minimum absolute atomic E-state index is 0.0718. The minimum atomic E-state index is -4.73. The molecule has 184 valence electrons. The van der Waals surface area contributed by atoms with Gasteiger partial charge in [-0.25, -0.2) is 0 Å². The van der Waals surface area contributed by atoms with Gasteiger partial charge < -0.3 is 23.8 Å². The number of benzene rings is 1. The lowest BCUT2D eigenvalue weighted by atomic mass is 9.84. The van der Waals surface area contributed by atoms with E-state index in [4.69, 9.17) is 30.5 Å². The summed E-state index contributed by atoms with van der Waals surface area (Å²) in [5, 5.41) is 0.0999. The number of carbonyl (C=O) groups excluding carboxylic acids is 1. The molecule has 34 heavy (non-hydrogen) atoms. The fourth-order valence-corrected chi connectivity index (χ4v) is 4.35. The second kappa shape index (κ2) is 9.95. The summed E-state index contributed by atoms with van der Waals surface area (Å²) in [5.74, 6) is 0.461. The van der Waals surface area contributed by atoms with Crippen molar-refractivity contribution in [3.05, 3.63) is 52.8 Å². The number of methoxy groups -OCH3 is 1. The molecule has 8 nitrogen and oxygen atoms in total. The maximum atomic E-state index is 13.1. The van der Waals surface area contributed by atoms with Gasteiger partial charge in [0, 0.05) is 24.7 Å². The summed E-state index contributed by atoms with van der Waals surface area (Å²) in [4.78, 5) is 19.2. The molecule has 0 aliphatic carbocycles. The van der Waals surface area contributed by atoms with Gasteiger partial charge in [0.2, 0.25) is 0 Å². The third-order valence-electron chi connectivity index (χ3n) is 5.71. The first-order valence-electron chi connectivity index (χ1n) is 10.4.